The summed E-state index contributed by atoms with van der Waals surface area (Å²) in [5, 5.41) is 2.96. The van der Waals surface area contributed by atoms with E-state index in [1.807, 2.05) is 0 Å². The highest BCUT2D eigenvalue weighted by atomic mass is 28.3. The lowest BCUT2D eigenvalue weighted by Crippen LogP contribution is -2.23. The summed E-state index contributed by atoms with van der Waals surface area (Å²) in [4.78, 5) is 0. The lowest BCUT2D eigenvalue weighted by molar-refractivity contribution is 0.944. The fraction of sp³-hybridized carbons (Fsp3) is 0.238. The molecule has 0 amide bonds. The van der Waals surface area contributed by atoms with Crippen molar-refractivity contribution in [2.75, 3.05) is 0 Å². The van der Waals surface area contributed by atoms with E-state index in [9.17, 15) is 0 Å². The van der Waals surface area contributed by atoms with E-state index in [0.717, 1.165) is 6.42 Å². The zero-order valence-electron chi connectivity index (χ0n) is 14.4. The fourth-order valence-electron chi connectivity index (χ4n) is 3.82. The van der Waals surface area contributed by atoms with Crippen molar-refractivity contribution in [2.45, 2.75) is 26.1 Å². The molecule has 0 radical (unpaired) electrons. The highest BCUT2D eigenvalue weighted by molar-refractivity contribution is 6.94. The van der Waals surface area contributed by atoms with Gasteiger partial charge in [0.05, 0.1) is 8.07 Å². The van der Waals surface area contributed by atoms with Crippen LogP contribution >= 0.6 is 0 Å². The SMILES string of the molecule is Cn1c2c(c3ccccc31)Cc1ccccc1C([Si](C)(C)C)=C2. The van der Waals surface area contributed by atoms with Gasteiger partial charge in [0.2, 0.25) is 0 Å². The van der Waals surface area contributed by atoms with Crippen LogP contribution in [0, 0.1) is 0 Å². The number of hydrogen-bond donors (Lipinski definition) is 0. The van der Waals surface area contributed by atoms with E-state index in [1.165, 1.54) is 33.3 Å². The molecule has 0 spiro atoms. The first-order valence-electron chi connectivity index (χ1n) is 8.33. The molecule has 2 heteroatoms. The molecule has 0 saturated carbocycles. The highest BCUT2D eigenvalue weighted by Gasteiger charge is 2.27. The molecule has 0 saturated heterocycles. The van der Waals surface area contributed by atoms with Crippen molar-refractivity contribution in [2.24, 2.45) is 7.05 Å². The summed E-state index contributed by atoms with van der Waals surface area (Å²) >= 11 is 0. The van der Waals surface area contributed by atoms with Gasteiger partial charge in [0.25, 0.3) is 0 Å². The van der Waals surface area contributed by atoms with E-state index in [-0.39, 0.29) is 0 Å². The summed E-state index contributed by atoms with van der Waals surface area (Å²) in [5.74, 6) is 0. The van der Waals surface area contributed by atoms with Gasteiger partial charge in [0.1, 0.15) is 0 Å². The van der Waals surface area contributed by atoms with Gasteiger partial charge in [-0.25, -0.2) is 0 Å². The van der Waals surface area contributed by atoms with Crippen molar-refractivity contribution in [1.29, 1.82) is 0 Å². The van der Waals surface area contributed by atoms with Crippen LogP contribution in [-0.2, 0) is 13.5 Å². The van der Waals surface area contributed by atoms with Gasteiger partial charge in [-0.15, -0.1) is 0 Å². The molecule has 116 valence electrons. The largest absolute Gasteiger partial charge is 0.344 e. The van der Waals surface area contributed by atoms with Crippen LogP contribution in [0.3, 0.4) is 0 Å². The molecule has 1 aliphatic carbocycles. The first-order valence-corrected chi connectivity index (χ1v) is 11.8. The van der Waals surface area contributed by atoms with E-state index >= 15 is 0 Å². The van der Waals surface area contributed by atoms with Crippen molar-refractivity contribution < 1.29 is 0 Å². The molecule has 3 aromatic rings. The Bertz CT molecular complexity index is 938. The zero-order chi connectivity index (χ0) is 16.2. The van der Waals surface area contributed by atoms with Crippen LogP contribution in [-0.4, -0.2) is 12.6 Å². The maximum absolute atomic E-state index is 2.48. The van der Waals surface area contributed by atoms with Crippen LogP contribution in [0.1, 0.15) is 22.4 Å². The Morgan fingerprint density at radius 3 is 2.39 bits per heavy atom. The molecule has 4 rings (SSSR count). The summed E-state index contributed by atoms with van der Waals surface area (Å²) in [5.41, 5.74) is 7.13. The molecule has 2 aromatic carbocycles. The second-order valence-corrected chi connectivity index (χ2v) is 12.6. The van der Waals surface area contributed by atoms with E-state index in [4.69, 9.17) is 0 Å². The van der Waals surface area contributed by atoms with Crippen LogP contribution < -0.4 is 0 Å². The first-order chi connectivity index (χ1) is 11.0. The molecule has 23 heavy (non-hydrogen) atoms. The average molecular weight is 318 g/mol. The molecule has 0 unspecified atom stereocenters. The molecule has 1 heterocycles. The minimum Gasteiger partial charge on any atom is -0.344 e. The standard InChI is InChI=1S/C21H23NSi/c1-22-19-12-8-7-11-17(19)18-13-15-9-5-6-10-16(15)21(14-20(18)22)23(2,3)4/h5-12,14H,13H2,1-4H3. The second-order valence-electron chi connectivity index (χ2n) is 7.58. The Morgan fingerprint density at radius 1 is 0.913 bits per heavy atom. The van der Waals surface area contributed by atoms with Crippen molar-refractivity contribution in [3.05, 3.63) is 70.9 Å². The first kappa shape index (κ1) is 14.5. The van der Waals surface area contributed by atoms with Crippen LogP contribution in [0.5, 0.6) is 0 Å². The maximum atomic E-state index is 2.48. The van der Waals surface area contributed by atoms with Crippen molar-refractivity contribution >= 4 is 30.2 Å². The van der Waals surface area contributed by atoms with Crippen molar-refractivity contribution in [1.82, 2.24) is 4.57 Å². The minimum atomic E-state index is -1.43. The number of rotatable bonds is 1. The molecular formula is C21H23NSi. The van der Waals surface area contributed by atoms with Crippen molar-refractivity contribution in [3.63, 3.8) is 0 Å². The molecule has 0 atom stereocenters. The molecule has 1 nitrogen and oxygen atoms in total. The summed E-state index contributed by atoms with van der Waals surface area (Å²) in [6, 6.07) is 17.8. The number of aryl methyl sites for hydroxylation is 1. The van der Waals surface area contributed by atoms with E-state index in [0.29, 0.717) is 0 Å². The smallest absolute Gasteiger partial charge is 0.0784 e. The number of para-hydroxylation sites is 1. The maximum Gasteiger partial charge on any atom is 0.0784 e. The van der Waals surface area contributed by atoms with Gasteiger partial charge >= 0.3 is 0 Å². The Hall–Kier alpha value is -2.06. The van der Waals surface area contributed by atoms with Crippen LogP contribution in [0.2, 0.25) is 19.6 Å². The van der Waals surface area contributed by atoms with Gasteiger partial charge in [-0.3, -0.25) is 0 Å². The van der Waals surface area contributed by atoms with Gasteiger partial charge < -0.3 is 4.57 Å². The van der Waals surface area contributed by atoms with Crippen LogP contribution in [0.25, 0.3) is 22.2 Å². The zero-order valence-corrected chi connectivity index (χ0v) is 15.4. The van der Waals surface area contributed by atoms with Gasteiger partial charge in [-0.05, 0) is 28.8 Å². The Balaban J connectivity index is 2.11. The quantitative estimate of drug-likeness (QED) is 0.522. The lowest BCUT2D eigenvalue weighted by atomic mass is 10.0. The summed E-state index contributed by atoms with van der Waals surface area (Å²) in [6.45, 7) is 7.34. The van der Waals surface area contributed by atoms with E-state index < -0.39 is 8.07 Å². The van der Waals surface area contributed by atoms with Crippen LogP contribution in [0.15, 0.2) is 48.5 Å². The second kappa shape index (κ2) is 4.97. The van der Waals surface area contributed by atoms with Crippen LogP contribution in [0.4, 0.5) is 0 Å². The normalized spacial score (nSPS) is 14.2. The van der Waals surface area contributed by atoms with Gasteiger partial charge in [0, 0.05) is 30.1 Å². The average Bonchev–Trinajstić information content (AvgIpc) is 2.69. The predicted molar refractivity (Wildman–Crippen MR) is 103 cm³/mol. The topological polar surface area (TPSA) is 4.93 Å². The third-order valence-electron chi connectivity index (χ3n) is 5.02. The molecule has 0 aliphatic heterocycles. The molecule has 1 aliphatic rings. The Morgan fingerprint density at radius 2 is 1.61 bits per heavy atom. The van der Waals surface area contributed by atoms with Gasteiger partial charge in [0.15, 0.2) is 0 Å². The van der Waals surface area contributed by atoms with E-state index in [1.54, 1.807) is 5.20 Å². The highest BCUT2D eigenvalue weighted by Crippen LogP contribution is 2.38. The molecule has 1 aromatic heterocycles. The summed E-state index contributed by atoms with van der Waals surface area (Å²) in [7, 11) is 0.771. The van der Waals surface area contributed by atoms with Gasteiger partial charge in [-0.2, -0.15) is 0 Å². The molecule has 0 fully saturated rings. The lowest BCUT2D eigenvalue weighted by Gasteiger charge is -2.22. The number of nitrogens with zero attached hydrogens (tertiary/aromatic N) is 1. The molecule has 0 N–H and O–H groups in total. The number of benzene rings is 2. The summed E-state index contributed by atoms with van der Waals surface area (Å²) < 4.78 is 2.37. The Kier molecular flexibility index (Phi) is 3.14. The number of aromatic nitrogens is 1. The summed E-state index contributed by atoms with van der Waals surface area (Å²) in [6.07, 6.45) is 3.50. The minimum absolute atomic E-state index is 1.03. The predicted octanol–water partition coefficient (Wildman–Crippen LogP) is 5.50. The molecule has 0 bridgehead atoms. The monoisotopic (exact) mass is 317 g/mol. The molecular weight excluding hydrogens is 294 g/mol. The number of hydrogen-bond acceptors (Lipinski definition) is 0. The third kappa shape index (κ3) is 2.20. The van der Waals surface area contributed by atoms with Crippen molar-refractivity contribution in [3.8, 4) is 0 Å². The van der Waals surface area contributed by atoms with E-state index in [2.05, 4.69) is 85.9 Å². The Labute approximate surface area is 139 Å². The third-order valence-corrected chi connectivity index (χ3v) is 7.05. The van der Waals surface area contributed by atoms with Gasteiger partial charge in [-0.1, -0.05) is 67.3 Å². The fourth-order valence-corrected chi connectivity index (χ4v) is 5.45. The number of fused-ring (bicyclic) bond motifs is 4.